The van der Waals surface area contributed by atoms with E-state index in [1.54, 1.807) is 0 Å². The zero-order chi connectivity index (χ0) is 9.68. The van der Waals surface area contributed by atoms with Gasteiger partial charge >= 0.3 is 0 Å². The molecule has 0 atom stereocenters. The monoisotopic (exact) mass is 185 g/mol. The Hall–Kier alpha value is -0.970. The molecule has 0 aromatic heterocycles. The van der Waals surface area contributed by atoms with Crippen molar-refractivity contribution in [2.45, 2.75) is 13.3 Å². The zero-order valence-electron chi connectivity index (χ0n) is 8.24. The Balaban J connectivity index is 2.30. The van der Waals surface area contributed by atoms with E-state index in [0.29, 0.717) is 5.96 Å². The molecule has 1 rings (SSSR count). The summed E-state index contributed by atoms with van der Waals surface area (Å²) in [5.41, 5.74) is 5.60. The number of nitrogens with zero attached hydrogens (tertiary/aromatic N) is 3. The van der Waals surface area contributed by atoms with Gasteiger partial charge in [-0.2, -0.15) is 0 Å². The van der Waals surface area contributed by atoms with Gasteiger partial charge in [-0.15, -0.1) is 5.10 Å². The van der Waals surface area contributed by atoms with Gasteiger partial charge in [0.1, 0.15) is 0 Å². The normalized spacial score (nSPS) is 20.7. The number of guanidine groups is 1. The first kappa shape index (κ1) is 10.1. The molecule has 1 fully saturated rings. The highest BCUT2D eigenvalue weighted by molar-refractivity contribution is 5.77. The Bertz CT molecular complexity index is 171. The highest BCUT2D eigenvalue weighted by Crippen LogP contribution is 2.01. The molecule has 76 valence electrons. The molecule has 0 saturated carbocycles. The van der Waals surface area contributed by atoms with Gasteiger partial charge in [0.2, 0.25) is 5.96 Å². The minimum Gasteiger partial charge on any atom is -0.368 e. The number of hydrogen-bond donors (Lipinski definition) is 2. The van der Waals surface area contributed by atoms with Crippen molar-refractivity contribution >= 4 is 5.96 Å². The van der Waals surface area contributed by atoms with Gasteiger partial charge in [0.05, 0.1) is 0 Å². The van der Waals surface area contributed by atoms with Gasteiger partial charge in [-0.05, 0) is 13.0 Å². The quantitative estimate of drug-likeness (QED) is 0.256. The maximum Gasteiger partial charge on any atom is 0.213 e. The molecule has 1 aliphatic heterocycles. The highest BCUT2D eigenvalue weighted by Gasteiger charge is 2.16. The van der Waals surface area contributed by atoms with Crippen LogP contribution in [0.5, 0.6) is 0 Å². The van der Waals surface area contributed by atoms with Crippen LogP contribution in [-0.4, -0.2) is 48.5 Å². The van der Waals surface area contributed by atoms with Crippen LogP contribution in [0, 0.1) is 0 Å². The number of hydrogen-bond acceptors (Lipinski definition) is 3. The van der Waals surface area contributed by atoms with Crippen LogP contribution in [-0.2, 0) is 0 Å². The lowest BCUT2D eigenvalue weighted by atomic mass is 10.3. The van der Waals surface area contributed by atoms with Crippen LogP contribution in [0.3, 0.4) is 0 Å². The van der Waals surface area contributed by atoms with E-state index in [9.17, 15) is 0 Å². The van der Waals surface area contributed by atoms with Crippen LogP contribution in [0.1, 0.15) is 13.3 Å². The van der Waals surface area contributed by atoms with Gasteiger partial charge in [0.25, 0.3) is 0 Å². The molecule has 1 heterocycles. The summed E-state index contributed by atoms with van der Waals surface area (Å²) in [5.74, 6) is 5.56. The first-order valence-corrected chi connectivity index (χ1v) is 4.78. The molecule has 1 saturated heterocycles. The molecule has 13 heavy (non-hydrogen) atoms. The fourth-order valence-corrected chi connectivity index (χ4v) is 1.60. The molecule has 4 N–H and O–H groups in total. The van der Waals surface area contributed by atoms with Crippen molar-refractivity contribution in [2.75, 3.05) is 32.7 Å². The van der Waals surface area contributed by atoms with Crippen molar-refractivity contribution in [1.82, 2.24) is 9.80 Å². The summed E-state index contributed by atoms with van der Waals surface area (Å²) in [7, 11) is 0. The third-order valence-electron chi connectivity index (χ3n) is 2.37. The predicted molar refractivity (Wildman–Crippen MR) is 54.1 cm³/mol. The van der Waals surface area contributed by atoms with E-state index in [1.807, 2.05) is 4.90 Å². The van der Waals surface area contributed by atoms with E-state index >= 15 is 0 Å². The van der Waals surface area contributed by atoms with Gasteiger partial charge in [0.15, 0.2) is 0 Å². The fraction of sp³-hybridized carbons (Fsp3) is 0.875. The van der Waals surface area contributed by atoms with Crippen LogP contribution in [0.2, 0.25) is 0 Å². The predicted octanol–water partition coefficient (Wildman–Crippen LogP) is -0.798. The molecule has 0 radical (unpaired) electrons. The molecular weight excluding hydrogens is 166 g/mol. The molecule has 0 amide bonds. The van der Waals surface area contributed by atoms with Gasteiger partial charge in [-0.1, -0.05) is 6.92 Å². The van der Waals surface area contributed by atoms with E-state index in [1.165, 1.54) is 13.0 Å². The van der Waals surface area contributed by atoms with Gasteiger partial charge < -0.3 is 16.5 Å². The molecule has 0 spiro atoms. The van der Waals surface area contributed by atoms with E-state index in [4.69, 9.17) is 11.6 Å². The SMILES string of the molecule is CCCN1CCN(C(N)=NN)CC1. The Morgan fingerprint density at radius 1 is 1.31 bits per heavy atom. The minimum absolute atomic E-state index is 0.455. The van der Waals surface area contributed by atoms with Crippen molar-refractivity contribution in [2.24, 2.45) is 16.7 Å². The second kappa shape index (κ2) is 4.91. The Morgan fingerprint density at radius 2 is 1.92 bits per heavy atom. The fourth-order valence-electron chi connectivity index (χ4n) is 1.60. The topological polar surface area (TPSA) is 70.9 Å². The lowest BCUT2D eigenvalue weighted by Crippen LogP contribution is -2.51. The molecular formula is C8H19N5. The number of rotatable bonds is 2. The summed E-state index contributed by atoms with van der Waals surface area (Å²) in [6, 6.07) is 0. The molecule has 0 unspecified atom stereocenters. The van der Waals surface area contributed by atoms with Gasteiger partial charge in [-0.25, -0.2) is 0 Å². The second-order valence-electron chi connectivity index (χ2n) is 3.32. The number of hydrazone groups is 1. The Labute approximate surface area is 79.4 Å². The summed E-state index contributed by atoms with van der Waals surface area (Å²) >= 11 is 0. The van der Waals surface area contributed by atoms with E-state index in [0.717, 1.165) is 26.2 Å². The van der Waals surface area contributed by atoms with Gasteiger partial charge in [0, 0.05) is 26.2 Å². The van der Waals surface area contributed by atoms with Crippen molar-refractivity contribution < 1.29 is 0 Å². The standard InChI is InChI=1S/C8H19N5/c1-2-3-12-4-6-13(7-5-12)8(9)11-10/h2-7,10H2,1H3,(H2,9,11). The van der Waals surface area contributed by atoms with E-state index in [-0.39, 0.29) is 0 Å². The van der Waals surface area contributed by atoms with E-state index in [2.05, 4.69) is 16.9 Å². The van der Waals surface area contributed by atoms with Crippen molar-refractivity contribution in [3.8, 4) is 0 Å². The third kappa shape index (κ3) is 2.77. The largest absolute Gasteiger partial charge is 0.368 e. The zero-order valence-corrected chi connectivity index (χ0v) is 8.24. The van der Waals surface area contributed by atoms with Crippen molar-refractivity contribution in [3.63, 3.8) is 0 Å². The first-order valence-electron chi connectivity index (χ1n) is 4.78. The highest BCUT2D eigenvalue weighted by atomic mass is 15.4. The molecule has 0 aliphatic carbocycles. The molecule has 0 aromatic rings. The number of nitrogens with two attached hydrogens (primary N) is 2. The lowest BCUT2D eigenvalue weighted by Gasteiger charge is -2.34. The second-order valence-corrected chi connectivity index (χ2v) is 3.32. The summed E-state index contributed by atoms with van der Waals surface area (Å²) in [4.78, 5) is 4.45. The lowest BCUT2D eigenvalue weighted by molar-refractivity contribution is 0.181. The van der Waals surface area contributed by atoms with Crippen LogP contribution >= 0.6 is 0 Å². The molecule has 0 aromatic carbocycles. The smallest absolute Gasteiger partial charge is 0.213 e. The maximum absolute atomic E-state index is 5.60. The first-order chi connectivity index (χ1) is 6.27. The van der Waals surface area contributed by atoms with E-state index < -0.39 is 0 Å². The van der Waals surface area contributed by atoms with Crippen LogP contribution in [0.15, 0.2) is 5.10 Å². The Kier molecular flexibility index (Phi) is 3.82. The number of piperazine rings is 1. The average Bonchev–Trinajstić information content (AvgIpc) is 2.18. The molecule has 0 bridgehead atoms. The summed E-state index contributed by atoms with van der Waals surface area (Å²) < 4.78 is 0. The minimum atomic E-state index is 0.455. The molecule has 5 heteroatoms. The van der Waals surface area contributed by atoms with Crippen molar-refractivity contribution in [3.05, 3.63) is 0 Å². The summed E-state index contributed by atoms with van der Waals surface area (Å²) in [6.07, 6.45) is 1.21. The average molecular weight is 185 g/mol. The van der Waals surface area contributed by atoms with Crippen molar-refractivity contribution in [1.29, 1.82) is 0 Å². The van der Waals surface area contributed by atoms with Gasteiger partial charge in [-0.3, -0.25) is 4.90 Å². The molecule has 5 nitrogen and oxygen atoms in total. The Morgan fingerprint density at radius 3 is 2.38 bits per heavy atom. The maximum atomic E-state index is 5.60. The van der Waals surface area contributed by atoms with Crippen LogP contribution in [0.25, 0.3) is 0 Å². The van der Waals surface area contributed by atoms with Crippen LogP contribution < -0.4 is 11.6 Å². The third-order valence-corrected chi connectivity index (χ3v) is 2.37. The molecule has 1 aliphatic rings. The summed E-state index contributed by atoms with van der Waals surface area (Å²) in [5, 5.41) is 3.49. The van der Waals surface area contributed by atoms with Crippen LogP contribution in [0.4, 0.5) is 0 Å². The summed E-state index contributed by atoms with van der Waals surface area (Å²) in [6.45, 7) is 7.36.